The van der Waals surface area contributed by atoms with Crippen LogP contribution in [0, 0.1) is 0 Å². The molecule has 0 aliphatic rings. The van der Waals surface area contributed by atoms with E-state index in [9.17, 15) is 35.1 Å². The van der Waals surface area contributed by atoms with Gasteiger partial charge in [0.25, 0.3) is 0 Å². The zero-order valence-corrected chi connectivity index (χ0v) is 13.3. The second-order valence-corrected chi connectivity index (χ2v) is 5.22. The fourth-order valence-electron chi connectivity index (χ4n) is 2.08. The molecule has 1 aromatic rings. The van der Waals surface area contributed by atoms with Crippen LogP contribution in [0.3, 0.4) is 0 Å². The largest absolute Gasteiger partial charge is 0.504 e. The Morgan fingerprint density at radius 2 is 1.96 bits per heavy atom. The highest BCUT2D eigenvalue weighted by Gasteiger charge is 2.50. The molecule has 0 heterocycles. The summed E-state index contributed by atoms with van der Waals surface area (Å²) in [6.45, 7) is -1.11. The maximum absolute atomic E-state index is 12.2. The average molecular weight is 356 g/mol. The fraction of sp³-hybridized carbons (Fsp3) is 0.375. The van der Waals surface area contributed by atoms with Crippen LogP contribution in [0.25, 0.3) is 6.08 Å². The van der Waals surface area contributed by atoms with Crippen LogP contribution in [0.2, 0.25) is 0 Å². The minimum absolute atomic E-state index is 0.122. The highest BCUT2D eigenvalue weighted by atomic mass is 16.5. The number of aromatic hydroxyl groups is 1. The van der Waals surface area contributed by atoms with E-state index in [-0.39, 0.29) is 17.8 Å². The Labute approximate surface area is 143 Å². The molecule has 0 fully saturated rings. The van der Waals surface area contributed by atoms with Crippen molar-refractivity contribution in [1.29, 1.82) is 0 Å². The molecule has 4 atom stereocenters. The number of carbonyl (C=O) groups excluding carboxylic acids is 2. The smallest absolute Gasteiger partial charge is 0.192 e. The van der Waals surface area contributed by atoms with Gasteiger partial charge in [0, 0.05) is 0 Å². The molecular formula is C16H20O9. The minimum atomic E-state index is -3.01. The quantitative estimate of drug-likeness (QED) is 0.216. The standard InChI is InChI=1S/C16H20O9/c1-25-12-6-9(2-4-10(12)19)3-5-13(21)16(24,14(22)8-18)15(23)11(20)7-17/h2-7,11,14-15,18-20,22-24H,8H2,1H3/b5-3+/t11-,14+,15+,16+/m0/s1. The van der Waals surface area contributed by atoms with E-state index in [1.165, 1.54) is 31.4 Å². The topological polar surface area (TPSA) is 165 Å². The molecule has 0 saturated carbocycles. The number of ketones is 1. The summed E-state index contributed by atoms with van der Waals surface area (Å²) in [5, 5.41) is 57.6. The molecule has 0 spiro atoms. The molecular weight excluding hydrogens is 336 g/mol. The van der Waals surface area contributed by atoms with E-state index in [0.29, 0.717) is 5.56 Å². The van der Waals surface area contributed by atoms with Crippen molar-refractivity contribution in [3.63, 3.8) is 0 Å². The van der Waals surface area contributed by atoms with Crippen LogP contribution in [0.15, 0.2) is 24.3 Å². The third-order valence-electron chi connectivity index (χ3n) is 3.62. The van der Waals surface area contributed by atoms with Crippen molar-refractivity contribution in [1.82, 2.24) is 0 Å². The van der Waals surface area contributed by atoms with Gasteiger partial charge in [-0.2, -0.15) is 0 Å². The predicted octanol–water partition coefficient (Wildman–Crippen LogP) is -2.01. The first-order chi connectivity index (χ1) is 11.7. The number of hydrogen-bond donors (Lipinski definition) is 6. The number of aliphatic hydroxyl groups is 5. The molecule has 0 saturated heterocycles. The van der Waals surface area contributed by atoms with Crippen LogP contribution in [0.1, 0.15) is 5.56 Å². The van der Waals surface area contributed by atoms with Gasteiger partial charge in [0.05, 0.1) is 13.7 Å². The summed E-state index contributed by atoms with van der Waals surface area (Å²) < 4.78 is 4.90. The van der Waals surface area contributed by atoms with Gasteiger partial charge in [-0.3, -0.25) is 4.79 Å². The maximum atomic E-state index is 12.2. The van der Waals surface area contributed by atoms with E-state index < -0.39 is 36.3 Å². The molecule has 0 aliphatic heterocycles. The second-order valence-electron chi connectivity index (χ2n) is 5.22. The van der Waals surface area contributed by atoms with Gasteiger partial charge in [0.2, 0.25) is 0 Å². The summed E-state index contributed by atoms with van der Waals surface area (Å²) in [5.74, 6) is -1.27. The first kappa shape index (κ1) is 20.7. The summed E-state index contributed by atoms with van der Waals surface area (Å²) >= 11 is 0. The van der Waals surface area contributed by atoms with Gasteiger partial charge in [-0.05, 0) is 23.8 Å². The molecule has 6 N–H and O–H groups in total. The van der Waals surface area contributed by atoms with Gasteiger partial charge >= 0.3 is 0 Å². The van der Waals surface area contributed by atoms with Crippen LogP contribution in [0.4, 0.5) is 0 Å². The Hall–Kier alpha value is -2.30. The SMILES string of the molecule is COc1cc(/C=C/C(=O)[C@@](O)([C@H](O)CO)[C@H](O)[C@@H](O)C=O)ccc1O. The van der Waals surface area contributed by atoms with Crippen molar-refractivity contribution < 1.29 is 45.0 Å². The lowest BCUT2D eigenvalue weighted by atomic mass is 9.83. The number of ether oxygens (including phenoxy) is 1. The van der Waals surface area contributed by atoms with Crippen LogP contribution in [-0.4, -0.2) is 80.3 Å². The first-order valence-corrected chi connectivity index (χ1v) is 7.14. The third-order valence-corrected chi connectivity index (χ3v) is 3.62. The number of benzene rings is 1. The van der Waals surface area contributed by atoms with Gasteiger partial charge < -0.3 is 40.2 Å². The number of aliphatic hydroxyl groups excluding tert-OH is 4. The summed E-state index contributed by atoms with van der Waals surface area (Å²) in [7, 11) is 1.32. The number of phenolic OH excluding ortho intramolecular Hbond substituents is 1. The lowest BCUT2D eigenvalue weighted by Crippen LogP contribution is -2.62. The molecule has 138 valence electrons. The molecule has 0 amide bonds. The normalized spacial score (nSPS) is 17.5. The highest BCUT2D eigenvalue weighted by Crippen LogP contribution is 2.27. The molecule has 0 bridgehead atoms. The number of rotatable bonds is 9. The predicted molar refractivity (Wildman–Crippen MR) is 84.8 cm³/mol. The number of aldehydes is 1. The van der Waals surface area contributed by atoms with Crippen LogP contribution < -0.4 is 4.74 Å². The summed E-state index contributed by atoms with van der Waals surface area (Å²) in [4.78, 5) is 22.8. The molecule has 9 heteroatoms. The summed E-state index contributed by atoms with van der Waals surface area (Å²) in [5.41, 5.74) is -2.64. The molecule has 25 heavy (non-hydrogen) atoms. The third kappa shape index (κ3) is 4.41. The fourth-order valence-corrected chi connectivity index (χ4v) is 2.08. The number of phenols is 1. The second kappa shape index (κ2) is 8.70. The van der Waals surface area contributed by atoms with E-state index in [2.05, 4.69) is 0 Å². The maximum Gasteiger partial charge on any atom is 0.192 e. The molecule has 1 rings (SSSR count). The summed E-state index contributed by atoms with van der Waals surface area (Å²) in [6, 6.07) is 4.08. The van der Waals surface area contributed by atoms with E-state index in [1.54, 1.807) is 0 Å². The van der Waals surface area contributed by atoms with Gasteiger partial charge in [-0.25, -0.2) is 0 Å². The van der Waals surface area contributed by atoms with Gasteiger partial charge in [-0.1, -0.05) is 12.1 Å². The Bertz CT molecular complexity index is 642. The van der Waals surface area contributed by atoms with Crippen LogP contribution in [0.5, 0.6) is 11.5 Å². The van der Waals surface area contributed by atoms with E-state index >= 15 is 0 Å². The van der Waals surface area contributed by atoms with Crippen molar-refractivity contribution in [2.75, 3.05) is 13.7 Å². The molecule has 0 aromatic heterocycles. The Morgan fingerprint density at radius 3 is 2.48 bits per heavy atom. The van der Waals surface area contributed by atoms with Crippen molar-refractivity contribution >= 4 is 18.1 Å². The molecule has 0 unspecified atom stereocenters. The Morgan fingerprint density at radius 1 is 1.32 bits per heavy atom. The van der Waals surface area contributed by atoms with Gasteiger partial charge in [0.1, 0.15) is 18.3 Å². The molecule has 0 aliphatic carbocycles. The van der Waals surface area contributed by atoms with Gasteiger partial charge in [-0.15, -0.1) is 0 Å². The van der Waals surface area contributed by atoms with E-state index in [0.717, 1.165) is 6.08 Å². The molecule has 9 nitrogen and oxygen atoms in total. The lowest BCUT2D eigenvalue weighted by Gasteiger charge is -2.34. The van der Waals surface area contributed by atoms with Crippen molar-refractivity contribution in [2.45, 2.75) is 23.9 Å². The first-order valence-electron chi connectivity index (χ1n) is 7.14. The van der Waals surface area contributed by atoms with Crippen LogP contribution in [-0.2, 0) is 9.59 Å². The average Bonchev–Trinajstić information content (AvgIpc) is 2.64. The van der Waals surface area contributed by atoms with Crippen molar-refractivity contribution in [3.8, 4) is 11.5 Å². The minimum Gasteiger partial charge on any atom is -0.504 e. The van der Waals surface area contributed by atoms with Gasteiger partial charge in [0.15, 0.2) is 29.2 Å². The number of hydrogen-bond acceptors (Lipinski definition) is 9. The zero-order chi connectivity index (χ0) is 19.2. The Balaban J connectivity index is 3.16. The zero-order valence-electron chi connectivity index (χ0n) is 13.3. The van der Waals surface area contributed by atoms with E-state index in [4.69, 9.17) is 9.84 Å². The van der Waals surface area contributed by atoms with Crippen molar-refractivity contribution in [3.05, 3.63) is 29.8 Å². The Kier molecular flexibility index (Phi) is 7.22. The summed E-state index contributed by atoms with van der Waals surface area (Å²) in [6.07, 6.45) is -4.83. The monoisotopic (exact) mass is 356 g/mol. The van der Waals surface area contributed by atoms with E-state index in [1.807, 2.05) is 0 Å². The highest BCUT2D eigenvalue weighted by molar-refractivity contribution is 6.01. The lowest BCUT2D eigenvalue weighted by molar-refractivity contribution is -0.187. The molecule has 1 aromatic carbocycles. The number of carbonyl (C=O) groups is 2. The van der Waals surface area contributed by atoms with Crippen LogP contribution >= 0.6 is 0 Å². The number of methoxy groups -OCH3 is 1. The molecule has 0 radical (unpaired) electrons. The van der Waals surface area contributed by atoms with Crippen molar-refractivity contribution in [2.24, 2.45) is 0 Å².